The molecule has 1 aromatic heterocycles. The van der Waals surface area contributed by atoms with Crippen molar-refractivity contribution >= 4 is 28.4 Å². The second-order valence-corrected chi connectivity index (χ2v) is 7.50. The molecular weight excluding hydrogens is 378 g/mol. The van der Waals surface area contributed by atoms with E-state index in [4.69, 9.17) is 4.74 Å². The molecule has 1 aliphatic heterocycles. The van der Waals surface area contributed by atoms with Crippen LogP contribution in [0.1, 0.15) is 19.3 Å². The second kappa shape index (κ2) is 9.39. The quantitative estimate of drug-likeness (QED) is 0.678. The summed E-state index contributed by atoms with van der Waals surface area (Å²) in [5.41, 5.74) is 1.57. The molecule has 30 heavy (non-hydrogen) atoms. The molecule has 6 heteroatoms. The largest absolute Gasteiger partial charge is 0.493 e. The van der Waals surface area contributed by atoms with Gasteiger partial charge in [-0.2, -0.15) is 0 Å². The molecule has 0 aliphatic carbocycles. The number of piperidine rings is 1. The van der Waals surface area contributed by atoms with Crippen LogP contribution in [0, 0.1) is 5.92 Å². The molecule has 2 aromatic carbocycles. The van der Waals surface area contributed by atoms with Gasteiger partial charge in [-0.1, -0.05) is 36.4 Å². The zero-order chi connectivity index (χ0) is 20.8. The van der Waals surface area contributed by atoms with Crippen molar-refractivity contribution in [3.05, 3.63) is 66.9 Å². The minimum Gasteiger partial charge on any atom is -0.493 e. The van der Waals surface area contributed by atoms with Gasteiger partial charge in [0.05, 0.1) is 36.3 Å². The standard InChI is InChI=1S/C24H25N3O3/c28-23(12-14-30-21-9-2-1-3-10-21)27-13-6-8-19(17-27)24(29)26-20-15-18-7-4-5-11-22(18)25-16-20/h1-5,7,9-11,15-16,19H,6,8,12-14,17H2,(H,26,29). The number of rotatable bonds is 6. The number of hydrogen-bond acceptors (Lipinski definition) is 4. The number of aromatic nitrogens is 1. The van der Waals surface area contributed by atoms with Crippen LogP contribution in [0.25, 0.3) is 10.9 Å². The molecule has 6 nitrogen and oxygen atoms in total. The van der Waals surface area contributed by atoms with Gasteiger partial charge in [-0.3, -0.25) is 14.6 Å². The maximum absolute atomic E-state index is 12.8. The van der Waals surface area contributed by atoms with Gasteiger partial charge in [0.25, 0.3) is 0 Å². The van der Waals surface area contributed by atoms with Crippen molar-refractivity contribution in [3.8, 4) is 5.75 Å². The third kappa shape index (κ3) is 4.95. The van der Waals surface area contributed by atoms with E-state index in [-0.39, 0.29) is 17.7 Å². The average molecular weight is 403 g/mol. The fourth-order valence-corrected chi connectivity index (χ4v) is 3.73. The number of pyridine rings is 1. The van der Waals surface area contributed by atoms with Gasteiger partial charge in [-0.25, -0.2) is 0 Å². The molecule has 4 rings (SSSR count). The summed E-state index contributed by atoms with van der Waals surface area (Å²) in [6.45, 7) is 1.46. The van der Waals surface area contributed by atoms with Crippen LogP contribution >= 0.6 is 0 Å². The van der Waals surface area contributed by atoms with E-state index in [2.05, 4.69) is 10.3 Å². The van der Waals surface area contributed by atoms with Crippen molar-refractivity contribution < 1.29 is 14.3 Å². The lowest BCUT2D eigenvalue weighted by molar-refractivity contribution is -0.135. The molecular formula is C24H25N3O3. The number of carbonyl (C=O) groups is 2. The molecule has 1 aliphatic rings. The number of carbonyl (C=O) groups excluding carboxylic acids is 2. The Kier molecular flexibility index (Phi) is 6.23. The number of para-hydroxylation sites is 2. The van der Waals surface area contributed by atoms with Crippen molar-refractivity contribution in [2.45, 2.75) is 19.3 Å². The minimum absolute atomic E-state index is 0.0239. The topological polar surface area (TPSA) is 71.5 Å². The highest BCUT2D eigenvalue weighted by Gasteiger charge is 2.28. The Morgan fingerprint density at radius 1 is 1.10 bits per heavy atom. The van der Waals surface area contributed by atoms with Crippen LogP contribution in [0.15, 0.2) is 66.9 Å². The maximum Gasteiger partial charge on any atom is 0.229 e. The second-order valence-electron chi connectivity index (χ2n) is 7.50. The normalized spacial score (nSPS) is 16.3. The van der Waals surface area contributed by atoms with Gasteiger partial charge in [-0.05, 0) is 37.1 Å². The van der Waals surface area contributed by atoms with Crippen LogP contribution in [-0.2, 0) is 9.59 Å². The van der Waals surface area contributed by atoms with Gasteiger partial charge in [0.2, 0.25) is 11.8 Å². The van der Waals surface area contributed by atoms with Crippen LogP contribution < -0.4 is 10.1 Å². The van der Waals surface area contributed by atoms with Crippen LogP contribution in [0.5, 0.6) is 5.75 Å². The molecule has 0 saturated carbocycles. The number of ether oxygens (including phenoxy) is 1. The molecule has 2 amide bonds. The summed E-state index contributed by atoms with van der Waals surface area (Å²) >= 11 is 0. The Balaban J connectivity index is 1.30. The molecule has 1 atom stereocenters. The Bertz CT molecular complexity index is 1020. The fraction of sp³-hybridized carbons (Fsp3) is 0.292. The van der Waals surface area contributed by atoms with Gasteiger partial charge in [0, 0.05) is 18.5 Å². The van der Waals surface area contributed by atoms with Crippen molar-refractivity contribution in [1.29, 1.82) is 0 Å². The Morgan fingerprint density at radius 2 is 1.90 bits per heavy atom. The first-order valence-electron chi connectivity index (χ1n) is 10.3. The zero-order valence-corrected chi connectivity index (χ0v) is 16.8. The highest BCUT2D eigenvalue weighted by Crippen LogP contribution is 2.21. The molecule has 0 bridgehead atoms. The summed E-state index contributed by atoms with van der Waals surface area (Å²) in [5, 5.41) is 3.94. The highest BCUT2D eigenvalue weighted by atomic mass is 16.5. The summed E-state index contributed by atoms with van der Waals surface area (Å²) in [7, 11) is 0. The number of nitrogens with zero attached hydrogens (tertiary/aromatic N) is 2. The first-order chi connectivity index (χ1) is 14.7. The number of likely N-dealkylation sites (tertiary alicyclic amines) is 1. The van der Waals surface area contributed by atoms with Crippen molar-refractivity contribution in [1.82, 2.24) is 9.88 Å². The van der Waals surface area contributed by atoms with Gasteiger partial charge in [-0.15, -0.1) is 0 Å². The third-order valence-electron chi connectivity index (χ3n) is 5.33. The average Bonchev–Trinajstić information content (AvgIpc) is 2.79. The van der Waals surface area contributed by atoms with Crippen molar-refractivity contribution in [3.63, 3.8) is 0 Å². The SMILES string of the molecule is O=C(Nc1cnc2ccccc2c1)C1CCCN(C(=O)CCOc2ccccc2)C1. The summed E-state index contributed by atoms with van der Waals surface area (Å²) in [6, 6.07) is 19.2. The summed E-state index contributed by atoms with van der Waals surface area (Å²) in [6.07, 6.45) is 3.57. The number of benzene rings is 2. The molecule has 0 spiro atoms. The first kappa shape index (κ1) is 19.9. The molecule has 3 aromatic rings. The van der Waals surface area contributed by atoms with E-state index in [0.29, 0.717) is 31.8 Å². The van der Waals surface area contributed by atoms with Crippen LogP contribution in [0.3, 0.4) is 0 Å². The molecule has 154 valence electrons. The van der Waals surface area contributed by atoms with E-state index in [1.165, 1.54) is 0 Å². The third-order valence-corrected chi connectivity index (χ3v) is 5.33. The van der Waals surface area contributed by atoms with E-state index < -0.39 is 0 Å². The van der Waals surface area contributed by atoms with Gasteiger partial charge in [0.15, 0.2) is 0 Å². The van der Waals surface area contributed by atoms with Crippen molar-refractivity contribution in [2.75, 3.05) is 25.0 Å². The molecule has 1 fully saturated rings. The Labute approximate surface area is 175 Å². The lowest BCUT2D eigenvalue weighted by atomic mass is 9.96. The highest BCUT2D eigenvalue weighted by molar-refractivity contribution is 5.95. The molecule has 2 heterocycles. The number of hydrogen-bond donors (Lipinski definition) is 1. The number of amides is 2. The van der Waals surface area contributed by atoms with E-state index in [1.807, 2.05) is 60.7 Å². The summed E-state index contributed by atoms with van der Waals surface area (Å²) < 4.78 is 5.62. The predicted molar refractivity (Wildman–Crippen MR) is 116 cm³/mol. The van der Waals surface area contributed by atoms with Gasteiger partial charge >= 0.3 is 0 Å². The fourth-order valence-electron chi connectivity index (χ4n) is 3.73. The first-order valence-corrected chi connectivity index (χ1v) is 10.3. The Morgan fingerprint density at radius 3 is 2.77 bits per heavy atom. The van der Waals surface area contributed by atoms with Crippen LogP contribution in [-0.4, -0.2) is 41.4 Å². The lowest BCUT2D eigenvalue weighted by Gasteiger charge is -2.32. The van der Waals surface area contributed by atoms with E-state index >= 15 is 0 Å². The molecule has 1 unspecified atom stereocenters. The number of fused-ring (bicyclic) bond motifs is 1. The van der Waals surface area contributed by atoms with Gasteiger partial charge < -0.3 is 15.0 Å². The number of anilines is 1. The van der Waals surface area contributed by atoms with E-state index in [9.17, 15) is 9.59 Å². The van der Waals surface area contributed by atoms with Gasteiger partial charge in [0.1, 0.15) is 5.75 Å². The summed E-state index contributed by atoms with van der Waals surface area (Å²) in [5.74, 6) is 0.496. The number of nitrogens with one attached hydrogen (secondary N) is 1. The van der Waals surface area contributed by atoms with E-state index in [0.717, 1.165) is 29.5 Å². The molecule has 0 radical (unpaired) electrons. The lowest BCUT2D eigenvalue weighted by Crippen LogP contribution is -2.44. The maximum atomic E-state index is 12.8. The van der Waals surface area contributed by atoms with Crippen LogP contribution in [0.2, 0.25) is 0 Å². The minimum atomic E-state index is -0.218. The predicted octanol–water partition coefficient (Wildman–Crippen LogP) is 3.88. The monoisotopic (exact) mass is 403 g/mol. The molecule has 1 N–H and O–H groups in total. The zero-order valence-electron chi connectivity index (χ0n) is 16.8. The van der Waals surface area contributed by atoms with Crippen LogP contribution in [0.4, 0.5) is 5.69 Å². The van der Waals surface area contributed by atoms with E-state index in [1.54, 1.807) is 11.1 Å². The Hall–Kier alpha value is -3.41. The summed E-state index contributed by atoms with van der Waals surface area (Å²) in [4.78, 5) is 31.5. The molecule has 1 saturated heterocycles. The van der Waals surface area contributed by atoms with Crippen molar-refractivity contribution in [2.24, 2.45) is 5.92 Å². The smallest absolute Gasteiger partial charge is 0.229 e.